The second kappa shape index (κ2) is 8.08. The van der Waals surface area contributed by atoms with E-state index in [9.17, 15) is 13.9 Å². The van der Waals surface area contributed by atoms with Gasteiger partial charge in [0.2, 0.25) is 5.91 Å². The molecule has 0 aromatic heterocycles. The normalized spacial score (nSPS) is 26.8. The average Bonchev–Trinajstić information content (AvgIpc) is 2.64. The molecule has 0 spiro atoms. The summed E-state index contributed by atoms with van der Waals surface area (Å²) in [5.74, 6) is -0.220. The minimum absolute atomic E-state index is 0.0130. The summed E-state index contributed by atoms with van der Waals surface area (Å²) in [6.07, 6.45) is 2.35. The van der Waals surface area contributed by atoms with Crippen LogP contribution in [0.2, 0.25) is 0 Å². The van der Waals surface area contributed by atoms with Gasteiger partial charge in [0.1, 0.15) is 5.78 Å². The number of fused-ring (bicyclic) bond motifs is 3. The molecule has 148 valence electrons. The second-order valence-corrected chi connectivity index (χ2v) is 7.63. The van der Waals surface area contributed by atoms with Gasteiger partial charge in [-0.25, -0.2) is 0 Å². The Balaban J connectivity index is 1.35. The maximum absolute atomic E-state index is 13.6. The van der Waals surface area contributed by atoms with E-state index in [1.54, 1.807) is 0 Å². The number of rotatable bonds is 8. The van der Waals surface area contributed by atoms with Crippen LogP contribution in [0.1, 0.15) is 42.4 Å². The highest BCUT2D eigenvalue weighted by atomic mass is 19.1. The number of hydrogen-bond donors (Lipinski definition) is 1. The highest BCUT2D eigenvalue weighted by Crippen LogP contribution is 2.30. The van der Waals surface area contributed by atoms with Crippen molar-refractivity contribution in [2.75, 3.05) is 19.8 Å². The van der Waals surface area contributed by atoms with Crippen molar-refractivity contribution >= 4 is 18.7 Å². The van der Waals surface area contributed by atoms with Gasteiger partial charge in [-0.3, -0.25) is 9.59 Å². The van der Waals surface area contributed by atoms with Gasteiger partial charge in [0.25, 0.3) is 0 Å². The lowest BCUT2D eigenvalue weighted by atomic mass is 9.91. The van der Waals surface area contributed by atoms with Gasteiger partial charge in [-0.1, -0.05) is 18.2 Å². The van der Waals surface area contributed by atoms with E-state index in [-0.39, 0.29) is 44.4 Å². The molecule has 2 bridgehead atoms. The standard InChI is InChI=1S/C19H26BFNO5/c1-14-6-7-16(10-15(14)2)4-3-5-17(23)8-9-18(24)22-19-11-25-20(21,26-12-19)27-13-19/h6-7,10H,3-5,8-9,11-13H2,1-2H3,(H,22,24)/q-1. The highest BCUT2D eigenvalue weighted by molar-refractivity contribution is 6.53. The number of aryl methyl sites for hydroxylation is 3. The summed E-state index contributed by atoms with van der Waals surface area (Å²) in [4.78, 5) is 24.2. The Hall–Kier alpha value is -1.77. The Bertz CT molecular complexity index is 702. The third-order valence-corrected chi connectivity index (χ3v) is 5.20. The predicted octanol–water partition coefficient (Wildman–Crippen LogP) is 2.31. The molecule has 1 aromatic carbocycles. The van der Waals surface area contributed by atoms with Crippen molar-refractivity contribution < 1.29 is 27.9 Å². The van der Waals surface area contributed by atoms with E-state index in [4.69, 9.17) is 14.0 Å². The molecule has 1 amide bonds. The smallest absolute Gasteiger partial charge is 0.513 e. The molecule has 1 aromatic rings. The molecule has 8 heteroatoms. The molecule has 3 aliphatic rings. The van der Waals surface area contributed by atoms with Crippen molar-refractivity contribution in [3.05, 3.63) is 34.9 Å². The minimum Gasteiger partial charge on any atom is -0.513 e. The third kappa shape index (κ3) is 5.15. The molecule has 1 N–H and O–H groups in total. The van der Waals surface area contributed by atoms with Gasteiger partial charge < -0.3 is 23.6 Å². The van der Waals surface area contributed by atoms with Gasteiger partial charge in [-0.05, 0) is 43.4 Å². The summed E-state index contributed by atoms with van der Waals surface area (Å²) >= 11 is 0. The fourth-order valence-electron chi connectivity index (χ4n) is 3.34. The van der Waals surface area contributed by atoms with Crippen molar-refractivity contribution in [1.82, 2.24) is 5.32 Å². The molecule has 0 radical (unpaired) electrons. The van der Waals surface area contributed by atoms with Crippen LogP contribution in [0.3, 0.4) is 0 Å². The van der Waals surface area contributed by atoms with Gasteiger partial charge in [0, 0.05) is 39.1 Å². The monoisotopic (exact) mass is 378 g/mol. The average molecular weight is 378 g/mol. The van der Waals surface area contributed by atoms with Crippen molar-refractivity contribution in [3.63, 3.8) is 0 Å². The van der Waals surface area contributed by atoms with Crippen molar-refractivity contribution in [3.8, 4) is 0 Å². The summed E-state index contributed by atoms with van der Waals surface area (Å²) in [5.41, 5.74) is 2.88. The molecular formula is C19H26BFNO5-. The van der Waals surface area contributed by atoms with Crippen molar-refractivity contribution in [2.24, 2.45) is 0 Å². The fourth-order valence-corrected chi connectivity index (χ4v) is 3.34. The molecule has 0 saturated carbocycles. The van der Waals surface area contributed by atoms with Crippen LogP contribution in [0.4, 0.5) is 4.32 Å². The number of carbonyl (C=O) groups is 2. The Kier molecular flexibility index (Phi) is 5.98. The van der Waals surface area contributed by atoms with E-state index in [0.29, 0.717) is 6.42 Å². The van der Waals surface area contributed by atoms with Crippen molar-refractivity contribution in [1.29, 1.82) is 0 Å². The summed E-state index contributed by atoms with van der Waals surface area (Å²) < 4.78 is 28.2. The van der Waals surface area contributed by atoms with E-state index in [1.807, 2.05) is 0 Å². The zero-order valence-corrected chi connectivity index (χ0v) is 15.9. The topological polar surface area (TPSA) is 73.9 Å². The van der Waals surface area contributed by atoms with E-state index < -0.39 is 12.6 Å². The molecule has 4 rings (SSSR count). The molecule has 0 atom stereocenters. The molecule has 27 heavy (non-hydrogen) atoms. The summed E-state index contributed by atoms with van der Waals surface area (Å²) in [6.45, 7) is 4.20. The molecular weight excluding hydrogens is 352 g/mol. The van der Waals surface area contributed by atoms with E-state index >= 15 is 0 Å². The Labute approximate surface area is 158 Å². The molecule has 3 saturated heterocycles. The van der Waals surface area contributed by atoms with Crippen LogP contribution in [0.5, 0.6) is 0 Å². The third-order valence-electron chi connectivity index (χ3n) is 5.20. The van der Waals surface area contributed by atoms with Crippen LogP contribution in [0.15, 0.2) is 18.2 Å². The number of Topliss-reactive ketones (excluding diaryl/α,β-unsaturated/α-hetero) is 1. The number of carbonyl (C=O) groups excluding carboxylic acids is 2. The Morgan fingerprint density at radius 3 is 2.37 bits per heavy atom. The second-order valence-electron chi connectivity index (χ2n) is 7.63. The predicted molar refractivity (Wildman–Crippen MR) is 98.7 cm³/mol. The number of halogens is 1. The lowest BCUT2D eigenvalue weighted by Gasteiger charge is -2.54. The largest absolute Gasteiger partial charge is 0.566 e. The van der Waals surface area contributed by atoms with Crippen LogP contribution in [-0.4, -0.2) is 44.1 Å². The number of nitrogens with one attached hydrogen (secondary N) is 1. The van der Waals surface area contributed by atoms with Crippen LogP contribution >= 0.6 is 0 Å². The van der Waals surface area contributed by atoms with E-state index in [2.05, 4.69) is 37.4 Å². The highest BCUT2D eigenvalue weighted by Gasteiger charge is 2.50. The van der Waals surface area contributed by atoms with Gasteiger partial charge in [-0.15, -0.1) is 0 Å². The lowest BCUT2D eigenvalue weighted by Crippen LogP contribution is -2.71. The van der Waals surface area contributed by atoms with Crippen LogP contribution in [0.25, 0.3) is 0 Å². The molecule has 3 aliphatic heterocycles. The molecule has 3 fully saturated rings. The first-order valence-corrected chi connectivity index (χ1v) is 9.41. The molecule has 6 nitrogen and oxygen atoms in total. The maximum Gasteiger partial charge on any atom is 0.566 e. The quantitative estimate of drug-likeness (QED) is 0.703. The number of benzene rings is 1. The Morgan fingerprint density at radius 2 is 1.74 bits per heavy atom. The lowest BCUT2D eigenvalue weighted by molar-refractivity contribution is -0.146. The summed E-state index contributed by atoms with van der Waals surface area (Å²) in [7, 11) is -3.14. The van der Waals surface area contributed by atoms with Gasteiger partial charge in [0.15, 0.2) is 0 Å². The minimum atomic E-state index is -3.14. The Morgan fingerprint density at radius 1 is 1.07 bits per heavy atom. The first-order valence-electron chi connectivity index (χ1n) is 9.41. The first-order chi connectivity index (χ1) is 12.8. The summed E-state index contributed by atoms with van der Waals surface area (Å²) in [6, 6.07) is 6.34. The number of hydrogen-bond acceptors (Lipinski definition) is 5. The van der Waals surface area contributed by atoms with Crippen LogP contribution < -0.4 is 5.32 Å². The van der Waals surface area contributed by atoms with Crippen LogP contribution in [-0.2, 0) is 30.0 Å². The van der Waals surface area contributed by atoms with Gasteiger partial charge in [-0.2, -0.15) is 0 Å². The van der Waals surface area contributed by atoms with E-state index in [1.165, 1.54) is 16.7 Å². The van der Waals surface area contributed by atoms with Gasteiger partial charge >= 0.3 is 7.03 Å². The molecule has 0 aliphatic carbocycles. The van der Waals surface area contributed by atoms with Crippen LogP contribution in [0, 0.1) is 13.8 Å². The fraction of sp³-hybridized carbons (Fsp3) is 0.579. The van der Waals surface area contributed by atoms with Crippen molar-refractivity contribution in [2.45, 2.75) is 51.5 Å². The number of ketones is 1. The first kappa shape index (κ1) is 20.0. The maximum atomic E-state index is 13.6. The zero-order valence-electron chi connectivity index (χ0n) is 15.9. The summed E-state index contributed by atoms with van der Waals surface area (Å²) in [5, 5.41) is 2.76. The molecule has 3 heterocycles. The number of amides is 1. The zero-order chi connectivity index (χ0) is 19.5. The van der Waals surface area contributed by atoms with Gasteiger partial charge in [0.05, 0.1) is 5.54 Å². The van der Waals surface area contributed by atoms with E-state index in [0.717, 1.165) is 12.8 Å². The molecule has 0 unspecified atom stereocenters. The SMILES string of the molecule is Cc1ccc(CCCC(=O)CCC(=O)NC23CO[B-](F)(OC2)OC3)cc1C.